The number of aldehydes is 1. The number of nitrogens with zero attached hydrogens (tertiary/aromatic N) is 5. The molecule has 0 saturated carbocycles. The first-order chi connectivity index (χ1) is 17.7. The topological polar surface area (TPSA) is 121 Å². The highest BCUT2D eigenvalue weighted by Gasteiger charge is 2.28. The zero-order chi connectivity index (χ0) is 26.6. The molecule has 0 saturated heterocycles. The number of aromatic nitrogens is 4. The van der Waals surface area contributed by atoms with Crippen LogP contribution in [0.25, 0.3) is 17.2 Å². The van der Waals surface area contributed by atoms with Crippen molar-refractivity contribution < 1.29 is 28.2 Å². The third kappa shape index (κ3) is 5.71. The number of hydrogen-bond acceptors (Lipinski definition) is 9. The van der Waals surface area contributed by atoms with Gasteiger partial charge in [0.15, 0.2) is 22.9 Å². The van der Waals surface area contributed by atoms with Crippen LogP contribution < -0.4 is 14.4 Å². The number of benzene rings is 1. The van der Waals surface area contributed by atoms with Crippen LogP contribution in [0.3, 0.4) is 0 Å². The molecule has 0 spiro atoms. The molecule has 194 valence electrons. The lowest BCUT2D eigenvalue weighted by Gasteiger charge is -2.27. The van der Waals surface area contributed by atoms with Crippen LogP contribution in [-0.4, -0.2) is 51.8 Å². The highest BCUT2D eigenvalue weighted by molar-refractivity contribution is 5.86. The van der Waals surface area contributed by atoms with E-state index in [0.29, 0.717) is 47.1 Å². The average molecular weight is 508 g/mol. The van der Waals surface area contributed by atoms with Gasteiger partial charge in [-0.2, -0.15) is 4.52 Å². The molecule has 3 heterocycles. The second kappa shape index (κ2) is 10.7. The summed E-state index contributed by atoms with van der Waals surface area (Å²) < 4.78 is 23.4. The fraction of sp³-hybridized carbons (Fsp3) is 0.346. The Morgan fingerprint density at radius 3 is 2.59 bits per heavy atom. The molecule has 0 aliphatic heterocycles. The van der Waals surface area contributed by atoms with Crippen molar-refractivity contribution in [1.82, 2.24) is 19.6 Å². The monoisotopic (exact) mass is 507 g/mol. The maximum absolute atomic E-state index is 13.5. The molecule has 3 aromatic heterocycles. The number of amides is 1. The standard InChI is InChI=1S/C26H29N5O6/c1-26(2,3)37-25(33)30(16-17-10-11-19(34-4)21(14-17)35-5)24-27-15-18(8-6-12-32)23-28-22(29-31(23)24)20-9-7-13-36-20/h7,9-15H,6,8,16H2,1-5H3. The molecule has 0 bridgehead atoms. The second-order valence-electron chi connectivity index (χ2n) is 9.19. The maximum atomic E-state index is 13.5. The molecule has 1 amide bonds. The summed E-state index contributed by atoms with van der Waals surface area (Å²) >= 11 is 0. The molecule has 0 N–H and O–H groups in total. The summed E-state index contributed by atoms with van der Waals surface area (Å²) in [5.74, 6) is 2.06. The van der Waals surface area contributed by atoms with Crippen molar-refractivity contribution in [3.63, 3.8) is 0 Å². The highest BCUT2D eigenvalue weighted by atomic mass is 16.6. The lowest BCUT2D eigenvalue weighted by Crippen LogP contribution is -2.38. The predicted molar refractivity (Wildman–Crippen MR) is 135 cm³/mol. The van der Waals surface area contributed by atoms with Crippen LogP contribution in [0, 0.1) is 0 Å². The minimum atomic E-state index is -0.752. The van der Waals surface area contributed by atoms with Crippen LogP contribution >= 0.6 is 0 Å². The molecule has 0 radical (unpaired) electrons. The van der Waals surface area contributed by atoms with Crippen molar-refractivity contribution in [2.75, 3.05) is 19.1 Å². The van der Waals surface area contributed by atoms with Crippen LogP contribution in [-0.2, 0) is 22.5 Å². The molecule has 0 aliphatic rings. The van der Waals surface area contributed by atoms with Crippen molar-refractivity contribution >= 4 is 24.0 Å². The molecule has 0 aliphatic carbocycles. The van der Waals surface area contributed by atoms with E-state index in [0.717, 1.165) is 11.8 Å². The minimum absolute atomic E-state index is 0.0982. The Morgan fingerprint density at radius 1 is 1.16 bits per heavy atom. The third-order valence-corrected chi connectivity index (χ3v) is 5.34. The number of anilines is 1. The van der Waals surface area contributed by atoms with Crippen molar-refractivity contribution in [3.8, 4) is 23.1 Å². The Balaban J connectivity index is 1.85. The summed E-state index contributed by atoms with van der Waals surface area (Å²) in [5, 5.41) is 4.59. The van der Waals surface area contributed by atoms with Crippen LogP contribution in [0.5, 0.6) is 11.5 Å². The Bertz CT molecular complexity index is 1390. The number of rotatable bonds is 9. The van der Waals surface area contributed by atoms with Gasteiger partial charge in [-0.1, -0.05) is 6.07 Å². The van der Waals surface area contributed by atoms with Crippen LogP contribution in [0.4, 0.5) is 10.7 Å². The van der Waals surface area contributed by atoms with E-state index in [1.807, 2.05) is 6.07 Å². The van der Waals surface area contributed by atoms with E-state index in [-0.39, 0.29) is 12.5 Å². The van der Waals surface area contributed by atoms with E-state index in [2.05, 4.69) is 15.1 Å². The summed E-state index contributed by atoms with van der Waals surface area (Å²) in [4.78, 5) is 35.1. The summed E-state index contributed by atoms with van der Waals surface area (Å²) in [6, 6.07) is 8.84. The molecule has 11 heteroatoms. The van der Waals surface area contributed by atoms with Crippen LogP contribution in [0.1, 0.15) is 38.3 Å². The molecule has 4 rings (SSSR count). The van der Waals surface area contributed by atoms with Gasteiger partial charge >= 0.3 is 6.09 Å². The zero-order valence-electron chi connectivity index (χ0n) is 21.4. The minimum Gasteiger partial charge on any atom is -0.493 e. The summed E-state index contributed by atoms with van der Waals surface area (Å²) in [5.41, 5.74) is 1.16. The zero-order valence-corrected chi connectivity index (χ0v) is 21.4. The number of hydrogen-bond donors (Lipinski definition) is 0. The Labute approximate surface area is 214 Å². The van der Waals surface area contributed by atoms with Gasteiger partial charge in [0.05, 0.1) is 27.0 Å². The largest absolute Gasteiger partial charge is 0.493 e. The molecule has 37 heavy (non-hydrogen) atoms. The van der Waals surface area contributed by atoms with Gasteiger partial charge in [0.1, 0.15) is 11.9 Å². The van der Waals surface area contributed by atoms with E-state index < -0.39 is 11.7 Å². The van der Waals surface area contributed by atoms with Gasteiger partial charge in [-0.15, -0.1) is 5.10 Å². The van der Waals surface area contributed by atoms with Crippen molar-refractivity contribution in [1.29, 1.82) is 0 Å². The Morgan fingerprint density at radius 2 is 1.95 bits per heavy atom. The molecular formula is C26H29N5O6. The smallest absolute Gasteiger partial charge is 0.417 e. The molecule has 4 aromatic rings. The predicted octanol–water partition coefficient (Wildman–Crippen LogP) is 4.47. The van der Waals surface area contributed by atoms with E-state index in [4.69, 9.17) is 18.6 Å². The lowest BCUT2D eigenvalue weighted by atomic mass is 10.2. The molecule has 1 aromatic carbocycles. The number of aryl methyl sites for hydroxylation is 1. The van der Waals surface area contributed by atoms with Crippen molar-refractivity contribution in [2.45, 2.75) is 45.8 Å². The molecular weight excluding hydrogens is 478 g/mol. The Hall–Kier alpha value is -4.41. The highest BCUT2D eigenvalue weighted by Crippen LogP contribution is 2.30. The average Bonchev–Trinajstić information content (AvgIpc) is 3.55. The van der Waals surface area contributed by atoms with Crippen molar-refractivity contribution in [3.05, 3.63) is 53.9 Å². The van der Waals surface area contributed by atoms with Crippen LogP contribution in [0.2, 0.25) is 0 Å². The van der Waals surface area contributed by atoms with Gasteiger partial charge in [-0.05, 0) is 57.0 Å². The molecule has 11 nitrogen and oxygen atoms in total. The van der Waals surface area contributed by atoms with Gasteiger partial charge in [0, 0.05) is 18.2 Å². The fourth-order valence-corrected chi connectivity index (χ4v) is 3.69. The summed E-state index contributed by atoms with van der Waals surface area (Å²) in [6.07, 6.45) is 4.04. The SMILES string of the molecule is COc1ccc(CN(C(=O)OC(C)(C)C)c2ncc(CCC=O)c3nc(-c4ccco4)nn23)cc1OC. The fourth-order valence-electron chi connectivity index (χ4n) is 3.69. The number of carbonyl (C=O) groups is 2. The van der Waals surface area contributed by atoms with E-state index in [1.165, 1.54) is 15.7 Å². The maximum Gasteiger partial charge on any atom is 0.417 e. The number of carbonyl (C=O) groups excluding carboxylic acids is 2. The number of methoxy groups -OCH3 is 2. The van der Waals surface area contributed by atoms with Gasteiger partial charge in [-0.25, -0.2) is 19.7 Å². The first kappa shape index (κ1) is 25.7. The number of furan rings is 1. The number of ether oxygens (including phenoxy) is 3. The van der Waals surface area contributed by atoms with Gasteiger partial charge in [-0.3, -0.25) is 0 Å². The molecule has 0 fully saturated rings. The molecule has 0 unspecified atom stereocenters. The van der Waals surface area contributed by atoms with E-state index in [9.17, 15) is 9.59 Å². The first-order valence-corrected chi connectivity index (χ1v) is 11.7. The van der Waals surface area contributed by atoms with Gasteiger partial charge in [0.25, 0.3) is 0 Å². The third-order valence-electron chi connectivity index (χ3n) is 5.34. The normalized spacial score (nSPS) is 11.4. The first-order valence-electron chi connectivity index (χ1n) is 11.7. The quantitative estimate of drug-likeness (QED) is 0.302. The second-order valence-corrected chi connectivity index (χ2v) is 9.19. The Kier molecular flexibility index (Phi) is 7.42. The van der Waals surface area contributed by atoms with Crippen molar-refractivity contribution in [2.24, 2.45) is 0 Å². The van der Waals surface area contributed by atoms with E-state index in [1.54, 1.807) is 65.5 Å². The van der Waals surface area contributed by atoms with Crippen LogP contribution in [0.15, 0.2) is 47.2 Å². The number of fused-ring (bicyclic) bond motifs is 1. The lowest BCUT2D eigenvalue weighted by molar-refractivity contribution is -0.107. The van der Waals surface area contributed by atoms with Gasteiger partial charge in [0.2, 0.25) is 11.8 Å². The summed E-state index contributed by atoms with van der Waals surface area (Å²) in [7, 11) is 3.10. The van der Waals surface area contributed by atoms with E-state index >= 15 is 0 Å². The van der Waals surface area contributed by atoms with Gasteiger partial charge < -0.3 is 23.4 Å². The molecule has 0 atom stereocenters. The summed E-state index contributed by atoms with van der Waals surface area (Å²) in [6.45, 7) is 5.46.